The number of halogens is 1. The Morgan fingerprint density at radius 1 is 1.28 bits per heavy atom. The Kier molecular flexibility index (Phi) is 4.70. The number of anilines is 2. The number of ether oxygens (including phenoxy) is 1. The van der Waals surface area contributed by atoms with Crippen LogP contribution in [0, 0.1) is 12.7 Å². The minimum absolute atomic E-state index is 0.0115. The van der Waals surface area contributed by atoms with Crippen molar-refractivity contribution < 1.29 is 17.5 Å². The van der Waals surface area contributed by atoms with Crippen molar-refractivity contribution in [2.75, 3.05) is 23.8 Å². The van der Waals surface area contributed by atoms with Crippen LogP contribution in [0.1, 0.15) is 19.7 Å². The summed E-state index contributed by atoms with van der Waals surface area (Å²) in [7, 11) is -4.24. The van der Waals surface area contributed by atoms with E-state index >= 15 is 0 Å². The molecular formula is C19H22FN5O3S. The maximum Gasteiger partial charge on any atom is 0.215 e. The second-order valence-electron chi connectivity index (χ2n) is 7.13. The normalized spacial score (nSPS) is 20.3. The van der Waals surface area contributed by atoms with E-state index in [2.05, 4.69) is 15.0 Å². The summed E-state index contributed by atoms with van der Waals surface area (Å²) in [6.45, 7) is 6.77. The molecule has 0 bridgehead atoms. The number of benzene rings is 1. The number of rotatable bonds is 3. The number of H-pyrrole nitrogens is 1. The van der Waals surface area contributed by atoms with Gasteiger partial charge in [-0.1, -0.05) is 12.1 Å². The Morgan fingerprint density at radius 2 is 2.00 bits per heavy atom. The minimum atomic E-state index is -4.24. The first-order valence-electron chi connectivity index (χ1n) is 9.25. The van der Waals surface area contributed by atoms with Crippen molar-refractivity contribution in [3.8, 4) is 0 Å². The highest BCUT2D eigenvalue weighted by Crippen LogP contribution is 2.37. The fourth-order valence-electron chi connectivity index (χ4n) is 3.64. The van der Waals surface area contributed by atoms with Crippen molar-refractivity contribution in [1.82, 2.24) is 15.0 Å². The molecule has 1 fully saturated rings. The lowest BCUT2D eigenvalue weighted by Gasteiger charge is -2.38. The van der Waals surface area contributed by atoms with Crippen LogP contribution in [0.25, 0.3) is 11.0 Å². The van der Waals surface area contributed by atoms with Crippen LogP contribution in [-0.2, 0) is 14.6 Å². The first kappa shape index (κ1) is 19.6. The Balaban J connectivity index is 1.96. The predicted molar refractivity (Wildman–Crippen MR) is 107 cm³/mol. The number of aromatic nitrogens is 3. The SMILES string of the molecule is Cc1nc(N2CCO[C@H](C)[C@H]2C)c2[nH]c(N)c(S(=O)(=O)c3ccccc3F)c2n1. The van der Waals surface area contributed by atoms with Crippen molar-refractivity contribution in [2.24, 2.45) is 0 Å². The van der Waals surface area contributed by atoms with Crippen molar-refractivity contribution in [3.05, 3.63) is 35.9 Å². The summed E-state index contributed by atoms with van der Waals surface area (Å²) in [5.41, 5.74) is 6.63. The van der Waals surface area contributed by atoms with Crippen LogP contribution in [-0.4, -0.2) is 48.7 Å². The van der Waals surface area contributed by atoms with E-state index in [9.17, 15) is 12.8 Å². The monoisotopic (exact) mass is 419 g/mol. The van der Waals surface area contributed by atoms with Gasteiger partial charge in [-0.2, -0.15) is 0 Å². The van der Waals surface area contributed by atoms with Crippen molar-refractivity contribution >= 4 is 32.5 Å². The first-order valence-corrected chi connectivity index (χ1v) is 10.7. The number of nitrogens with zero attached hydrogens (tertiary/aromatic N) is 3. The third-order valence-electron chi connectivity index (χ3n) is 5.27. The maximum absolute atomic E-state index is 14.3. The molecule has 1 aliphatic rings. The molecule has 2 atom stereocenters. The highest BCUT2D eigenvalue weighted by molar-refractivity contribution is 7.92. The van der Waals surface area contributed by atoms with Gasteiger partial charge in [0.25, 0.3) is 0 Å². The van der Waals surface area contributed by atoms with Crippen LogP contribution in [0.15, 0.2) is 34.1 Å². The van der Waals surface area contributed by atoms with E-state index in [1.165, 1.54) is 18.2 Å². The molecule has 3 N–H and O–H groups in total. The first-order chi connectivity index (χ1) is 13.7. The molecule has 0 spiro atoms. The number of aromatic amines is 1. The Hall–Kier alpha value is -2.72. The van der Waals surface area contributed by atoms with Gasteiger partial charge < -0.3 is 20.4 Å². The Labute approximate surface area is 167 Å². The summed E-state index contributed by atoms with van der Waals surface area (Å²) >= 11 is 0. The van der Waals surface area contributed by atoms with Crippen LogP contribution in [0.2, 0.25) is 0 Å². The highest BCUT2D eigenvalue weighted by atomic mass is 32.2. The number of nitrogens with two attached hydrogens (primary N) is 1. The zero-order chi connectivity index (χ0) is 20.9. The number of hydrogen-bond donors (Lipinski definition) is 2. The third kappa shape index (κ3) is 3.12. The van der Waals surface area contributed by atoms with E-state index in [4.69, 9.17) is 10.5 Å². The number of nitrogen functional groups attached to an aromatic ring is 1. The molecule has 0 amide bonds. The molecule has 0 unspecified atom stereocenters. The summed E-state index contributed by atoms with van der Waals surface area (Å²) in [6, 6.07) is 5.21. The smallest absolute Gasteiger partial charge is 0.215 e. The minimum Gasteiger partial charge on any atom is -0.384 e. The summed E-state index contributed by atoms with van der Waals surface area (Å²) in [5.74, 6) is 0.000837. The average molecular weight is 419 g/mol. The molecule has 1 saturated heterocycles. The quantitative estimate of drug-likeness (QED) is 0.670. The lowest BCUT2D eigenvalue weighted by atomic mass is 10.1. The van der Waals surface area contributed by atoms with Crippen LogP contribution in [0.4, 0.5) is 16.0 Å². The molecule has 3 aromatic rings. The number of nitrogens with one attached hydrogen (secondary N) is 1. The average Bonchev–Trinajstić information content (AvgIpc) is 3.00. The zero-order valence-electron chi connectivity index (χ0n) is 16.3. The molecule has 10 heteroatoms. The highest BCUT2D eigenvalue weighted by Gasteiger charge is 2.33. The van der Waals surface area contributed by atoms with Crippen molar-refractivity contribution in [3.63, 3.8) is 0 Å². The van der Waals surface area contributed by atoms with Gasteiger partial charge in [-0.25, -0.2) is 22.8 Å². The number of fused-ring (bicyclic) bond motifs is 1. The second-order valence-corrected chi connectivity index (χ2v) is 8.98. The van der Waals surface area contributed by atoms with Gasteiger partial charge in [0, 0.05) is 6.54 Å². The molecule has 0 radical (unpaired) electrons. The Morgan fingerprint density at radius 3 is 2.72 bits per heavy atom. The van der Waals surface area contributed by atoms with Gasteiger partial charge >= 0.3 is 0 Å². The number of hydrogen-bond acceptors (Lipinski definition) is 7. The summed E-state index contributed by atoms with van der Waals surface area (Å²) in [4.78, 5) is 13.2. The number of morpholine rings is 1. The van der Waals surface area contributed by atoms with E-state index in [1.807, 2.05) is 18.7 Å². The van der Waals surface area contributed by atoms with Gasteiger partial charge in [0.2, 0.25) is 9.84 Å². The fourth-order valence-corrected chi connectivity index (χ4v) is 5.19. The fraction of sp³-hybridized carbons (Fsp3) is 0.368. The molecule has 0 aliphatic carbocycles. The van der Waals surface area contributed by atoms with Crippen molar-refractivity contribution in [2.45, 2.75) is 42.7 Å². The summed E-state index contributed by atoms with van der Waals surface area (Å²) < 4.78 is 46.4. The van der Waals surface area contributed by atoms with Gasteiger partial charge in [0.05, 0.1) is 18.8 Å². The lowest BCUT2D eigenvalue weighted by Crippen LogP contribution is -2.49. The zero-order valence-corrected chi connectivity index (χ0v) is 17.1. The van der Waals surface area contributed by atoms with Crippen molar-refractivity contribution in [1.29, 1.82) is 0 Å². The van der Waals surface area contributed by atoms with Gasteiger partial charge in [0.15, 0.2) is 5.82 Å². The molecule has 8 nitrogen and oxygen atoms in total. The largest absolute Gasteiger partial charge is 0.384 e. The van der Waals surface area contributed by atoms with Gasteiger partial charge in [-0.3, -0.25) is 0 Å². The second kappa shape index (κ2) is 6.96. The van der Waals surface area contributed by atoms with E-state index in [1.54, 1.807) is 6.92 Å². The third-order valence-corrected chi connectivity index (χ3v) is 7.13. The molecule has 29 heavy (non-hydrogen) atoms. The van der Waals surface area contributed by atoms with E-state index in [0.29, 0.717) is 30.3 Å². The molecule has 1 aliphatic heterocycles. The van der Waals surface area contributed by atoms with E-state index in [-0.39, 0.29) is 28.4 Å². The van der Waals surface area contributed by atoms with Gasteiger partial charge in [0.1, 0.15) is 38.3 Å². The number of aryl methyl sites for hydroxylation is 1. The van der Waals surface area contributed by atoms with E-state index < -0.39 is 20.5 Å². The molecule has 4 rings (SSSR count). The van der Waals surface area contributed by atoms with Crippen LogP contribution in [0.5, 0.6) is 0 Å². The van der Waals surface area contributed by atoms with Crippen LogP contribution < -0.4 is 10.6 Å². The molecule has 2 aromatic heterocycles. The van der Waals surface area contributed by atoms with Gasteiger partial charge in [-0.05, 0) is 32.9 Å². The summed E-state index contributed by atoms with van der Waals surface area (Å²) in [6.07, 6.45) is -0.0250. The molecule has 0 saturated carbocycles. The molecule has 3 heterocycles. The van der Waals surface area contributed by atoms with E-state index in [0.717, 1.165) is 6.07 Å². The maximum atomic E-state index is 14.3. The van der Waals surface area contributed by atoms with Gasteiger partial charge in [-0.15, -0.1) is 0 Å². The predicted octanol–water partition coefficient (Wildman–Crippen LogP) is 2.43. The molecule has 1 aromatic carbocycles. The van der Waals surface area contributed by atoms with Crippen LogP contribution in [0.3, 0.4) is 0 Å². The standard InChI is InChI=1S/C19H22FN5O3S/c1-10-11(2)28-9-8-25(10)19-16-15(22-12(3)23-19)17(18(21)24-16)29(26,27)14-7-5-4-6-13(14)20/h4-7,10-11,24H,8-9,21H2,1-3H3/t10-,11-/m1/s1. The number of sulfone groups is 1. The Bertz CT molecular complexity index is 1190. The lowest BCUT2D eigenvalue weighted by molar-refractivity contribution is 0.0282. The van der Waals surface area contributed by atoms with Crippen LogP contribution >= 0.6 is 0 Å². The topological polar surface area (TPSA) is 114 Å². The summed E-state index contributed by atoms with van der Waals surface area (Å²) in [5, 5.41) is 0. The molecule has 154 valence electrons. The molecular weight excluding hydrogens is 397 g/mol.